The minimum Gasteiger partial charge on any atom is -0.462 e. The summed E-state index contributed by atoms with van der Waals surface area (Å²) in [7, 11) is 0. The molecular formula is C77H140O6. The molecule has 0 rings (SSSR count). The van der Waals surface area contributed by atoms with Gasteiger partial charge in [-0.2, -0.15) is 0 Å². The zero-order valence-electron chi connectivity index (χ0n) is 55.7. The molecule has 0 amide bonds. The lowest BCUT2D eigenvalue weighted by atomic mass is 10.0. The van der Waals surface area contributed by atoms with Gasteiger partial charge in [0.15, 0.2) is 6.10 Å². The van der Waals surface area contributed by atoms with Crippen LogP contribution in [-0.4, -0.2) is 37.2 Å². The van der Waals surface area contributed by atoms with Crippen molar-refractivity contribution in [2.75, 3.05) is 13.2 Å². The molecule has 0 bridgehead atoms. The Kier molecular flexibility index (Phi) is 69.1. The second-order valence-corrected chi connectivity index (χ2v) is 24.8. The normalized spacial score (nSPS) is 12.4. The van der Waals surface area contributed by atoms with Crippen LogP contribution in [0.2, 0.25) is 0 Å². The van der Waals surface area contributed by atoms with Gasteiger partial charge >= 0.3 is 17.9 Å². The highest BCUT2D eigenvalue weighted by molar-refractivity contribution is 5.71. The highest BCUT2D eigenvalue weighted by Gasteiger charge is 2.19. The number of allylic oxidation sites excluding steroid dienone is 10. The van der Waals surface area contributed by atoms with Gasteiger partial charge < -0.3 is 14.2 Å². The molecular weight excluding hydrogens is 1020 g/mol. The van der Waals surface area contributed by atoms with Crippen LogP contribution in [0.3, 0.4) is 0 Å². The van der Waals surface area contributed by atoms with Gasteiger partial charge in [-0.25, -0.2) is 0 Å². The standard InChI is InChI=1S/C77H140O6/c1-4-7-10-13-16-19-22-25-28-30-31-32-33-34-35-36-37-38-39-40-41-42-43-44-45-46-47-50-52-55-58-61-64-67-70-76(79)82-73-74(72-81-75(78)69-66-63-60-57-54-51-48-27-24-21-18-15-12-9-6-3)83-77(80)71-68-65-62-59-56-53-49-29-26-23-20-17-14-11-8-5-2/h9,12,18,20-21,23,27,29,48-49,74H,4-8,10-11,13-17,19,22,24-26,28,30-47,50-73H2,1-3H3/b12-9-,21-18-,23-20-,48-27-,49-29-. The molecule has 0 saturated heterocycles. The molecule has 0 aromatic heterocycles. The minimum atomic E-state index is -0.789. The fraction of sp³-hybridized carbons (Fsp3) is 0.831. The van der Waals surface area contributed by atoms with Crippen molar-refractivity contribution in [3.63, 3.8) is 0 Å². The van der Waals surface area contributed by atoms with Gasteiger partial charge in [-0.1, -0.05) is 351 Å². The average molecular weight is 1160 g/mol. The molecule has 484 valence electrons. The number of carbonyl (C=O) groups excluding carboxylic acids is 3. The molecule has 0 radical (unpaired) electrons. The third-order valence-corrected chi connectivity index (χ3v) is 16.5. The summed E-state index contributed by atoms with van der Waals surface area (Å²) in [6.45, 7) is 6.54. The van der Waals surface area contributed by atoms with Crippen LogP contribution in [0.1, 0.15) is 393 Å². The number of esters is 3. The topological polar surface area (TPSA) is 78.9 Å². The van der Waals surface area contributed by atoms with Crippen LogP contribution in [-0.2, 0) is 28.6 Å². The van der Waals surface area contributed by atoms with Crippen molar-refractivity contribution in [2.45, 2.75) is 399 Å². The van der Waals surface area contributed by atoms with Crippen molar-refractivity contribution in [1.29, 1.82) is 0 Å². The third kappa shape index (κ3) is 69.8. The van der Waals surface area contributed by atoms with E-state index in [0.717, 1.165) is 122 Å². The van der Waals surface area contributed by atoms with Crippen molar-refractivity contribution < 1.29 is 28.6 Å². The lowest BCUT2D eigenvalue weighted by molar-refractivity contribution is -0.167. The molecule has 0 aliphatic heterocycles. The molecule has 0 spiro atoms. The fourth-order valence-electron chi connectivity index (χ4n) is 11.0. The average Bonchev–Trinajstić information content (AvgIpc) is 3.49. The first-order valence-electron chi connectivity index (χ1n) is 36.8. The number of rotatable bonds is 68. The summed E-state index contributed by atoms with van der Waals surface area (Å²) >= 11 is 0. The van der Waals surface area contributed by atoms with Gasteiger partial charge in [0, 0.05) is 19.3 Å². The van der Waals surface area contributed by atoms with Crippen LogP contribution in [0.4, 0.5) is 0 Å². The molecule has 0 heterocycles. The molecule has 83 heavy (non-hydrogen) atoms. The molecule has 0 N–H and O–H groups in total. The van der Waals surface area contributed by atoms with Crippen molar-refractivity contribution in [2.24, 2.45) is 0 Å². The first-order valence-corrected chi connectivity index (χ1v) is 36.8. The lowest BCUT2D eigenvalue weighted by Gasteiger charge is -2.18. The monoisotopic (exact) mass is 1160 g/mol. The number of ether oxygens (including phenoxy) is 3. The van der Waals surface area contributed by atoms with E-state index < -0.39 is 6.10 Å². The van der Waals surface area contributed by atoms with Gasteiger partial charge in [0.05, 0.1) is 0 Å². The maximum absolute atomic E-state index is 12.9. The Morgan fingerprint density at radius 3 is 0.747 bits per heavy atom. The predicted molar refractivity (Wildman–Crippen MR) is 362 cm³/mol. The Balaban J connectivity index is 4.12. The lowest BCUT2D eigenvalue weighted by Crippen LogP contribution is -2.30. The first kappa shape index (κ1) is 80.1. The van der Waals surface area contributed by atoms with E-state index in [9.17, 15) is 14.4 Å². The Morgan fingerprint density at radius 2 is 0.470 bits per heavy atom. The van der Waals surface area contributed by atoms with Crippen molar-refractivity contribution in [3.8, 4) is 0 Å². The Labute approximate surface area is 517 Å². The minimum absolute atomic E-state index is 0.0825. The number of unbranched alkanes of at least 4 members (excludes halogenated alkanes) is 47. The van der Waals surface area contributed by atoms with Gasteiger partial charge in [0.25, 0.3) is 0 Å². The molecule has 6 heteroatoms. The van der Waals surface area contributed by atoms with Gasteiger partial charge in [0.2, 0.25) is 0 Å². The molecule has 0 aliphatic rings. The molecule has 0 aromatic rings. The van der Waals surface area contributed by atoms with E-state index in [0.29, 0.717) is 19.3 Å². The molecule has 6 nitrogen and oxygen atoms in total. The van der Waals surface area contributed by atoms with E-state index in [1.54, 1.807) is 0 Å². The Hall–Kier alpha value is -2.89. The molecule has 1 unspecified atom stereocenters. The Bertz CT molecular complexity index is 1470. The summed E-state index contributed by atoms with van der Waals surface area (Å²) in [6, 6.07) is 0. The van der Waals surface area contributed by atoms with Gasteiger partial charge in [-0.15, -0.1) is 0 Å². The van der Waals surface area contributed by atoms with Crippen LogP contribution in [0, 0.1) is 0 Å². The third-order valence-electron chi connectivity index (χ3n) is 16.5. The molecule has 0 fully saturated rings. The molecule has 0 aliphatic carbocycles. The molecule has 1 atom stereocenters. The van der Waals surface area contributed by atoms with Crippen LogP contribution < -0.4 is 0 Å². The van der Waals surface area contributed by atoms with E-state index >= 15 is 0 Å². The molecule has 0 aromatic carbocycles. The largest absolute Gasteiger partial charge is 0.462 e. The van der Waals surface area contributed by atoms with Crippen LogP contribution >= 0.6 is 0 Å². The Morgan fingerprint density at radius 1 is 0.253 bits per heavy atom. The van der Waals surface area contributed by atoms with Crippen LogP contribution in [0.15, 0.2) is 60.8 Å². The maximum atomic E-state index is 12.9. The van der Waals surface area contributed by atoms with E-state index in [1.165, 1.54) is 231 Å². The second kappa shape index (κ2) is 71.6. The van der Waals surface area contributed by atoms with Gasteiger partial charge in [-0.3, -0.25) is 14.4 Å². The summed E-state index contributed by atoms with van der Waals surface area (Å²) in [4.78, 5) is 38.4. The van der Waals surface area contributed by atoms with Crippen molar-refractivity contribution >= 4 is 17.9 Å². The van der Waals surface area contributed by atoms with E-state index in [2.05, 4.69) is 81.5 Å². The maximum Gasteiger partial charge on any atom is 0.306 e. The van der Waals surface area contributed by atoms with Crippen LogP contribution in [0.5, 0.6) is 0 Å². The van der Waals surface area contributed by atoms with Crippen LogP contribution in [0.25, 0.3) is 0 Å². The fourth-order valence-corrected chi connectivity index (χ4v) is 11.0. The summed E-state index contributed by atoms with van der Waals surface area (Å²) in [5, 5.41) is 0. The number of hydrogen-bond acceptors (Lipinski definition) is 6. The zero-order valence-corrected chi connectivity index (χ0v) is 55.7. The number of carbonyl (C=O) groups is 3. The highest BCUT2D eigenvalue weighted by atomic mass is 16.6. The van der Waals surface area contributed by atoms with Gasteiger partial charge in [-0.05, 0) is 83.5 Å². The molecule has 0 saturated carbocycles. The SMILES string of the molecule is CC/C=C\C/C=C\C/C=C\CCCCCCCC(=O)OCC(COC(=O)CCCCCCCCCCCCCCCCCCCCCCCCCCCCCCCCCCCC)OC(=O)CCCCCCC/C=C\C/C=C\CCCCCC. The number of hydrogen-bond donors (Lipinski definition) is 0. The van der Waals surface area contributed by atoms with Crippen molar-refractivity contribution in [1.82, 2.24) is 0 Å². The van der Waals surface area contributed by atoms with E-state index in [4.69, 9.17) is 14.2 Å². The summed E-state index contributed by atoms with van der Waals surface area (Å²) < 4.78 is 17.0. The second-order valence-electron chi connectivity index (χ2n) is 24.8. The smallest absolute Gasteiger partial charge is 0.306 e. The van der Waals surface area contributed by atoms with E-state index in [1.807, 2.05) is 0 Å². The van der Waals surface area contributed by atoms with E-state index in [-0.39, 0.29) is 31.1 Å². The predicted octanol–water partition coefficient (Wildman–Crippen LogP) is 25.5. The van der Waals surface area contributed by atoms with Crippen molar-refractivity contribution in [3.05, 3.63) is 60.8 Å². The summed E-state index contributed by atoms with van der Waals surface area (Å²) in [5.74, 6) is -0.893. The van der Waals surface area contributed by atoms with Gasteiger partial charge in [0.1, 0.15) is 13.2 Å². The summed E-state index contributed by atoms with van der Waals surface area (Å²) in [5.41, 5.74) is 0. The quantitative estimate of drug-likeness (QED) is 0.0261. The summed E-state index contributed by atoms with van der Waals surface area (Å²) in [6.07, 6.45) is 92.8. The zero-order chi connectivity index (χ0) is 59.9. The highest BCUT2D eigenvalue weighted by Crippen LogP contribution is 2.19. The first-order chi connectivity index (χ1) is 41.0.